The number of benzene rings is 6. The van der Waals surface area contributed by atoms with E-state index in [1.54, 1.807) is 20.8 Å². The van der Waals surface area contributed by atoms with E-state index in [0.29, 0.717) is 98.0 Å². The highest BCUT2D eigenvalue weighted by molar-refractivity contribution is 5.95. The Kier molecular flexibility index (Phi) is 19.6. The first kappa shape index (κ1) is 62.2. The lowest BCUT2D eigenvalue weighted by molar-refractivity contribution is -0.143. The van der Waals surface area contributed by atoms with Crippen molar-refractivity contribution >= 4 is 91.2 Å². The third-order valence-corrected chi connectivity index (χ3v) is 13.9. The highest BCUT2D eigenvalue weighted by Crippen LogP contribution is 2.39. The van der Waals surface area contributed by atoms with Crippen LogP contribution < -0.4 is 61.2 Å². The second kappa shape index (κ2) is 28.3. The van der Waals surface area contributed by atoms with Gasteiger partial charge in [0.1, 0.15) is 99.8 Å². The minimum atomic E-state index is -1.01. The molecule has 466 valence electrons. The predicted molar refractivity (Wildman–Crippen MR) is 333 cm³/mol. The summed E-state index contributed by atoms with van der Waals surface area (Å²) >= 11 is 0. The number of aliphatic carboxylic acids is 1. The molecule has 0 fully saturated rings. The highest BCUT2D eigenvalue weighted by Gasteiger charge is 2.26. The van der Waals surface area contributed by atoms with Crippen molar-refractivity contribution in [3.8, 4) is 34.5 Å². The fourth-order valence-corrected chi connectivity index (χ4v) is 9.51. The second-order valence-electron chi connectivity index (χ2n) is 21.6. The number of methoxy groups -OCH3 is 2. The number of alkyl carbamates (subject to hydrolysis) is 1. The minimum Gasteiger partial charge on any atom is -0.486 e. The van der Waals surface area contributed by atoms with E-state index in [1.165, 1.54) is 33.2 Å². The lowest BCUT2D eigenvalue weighted by Crippen LogP contribution is -2.45. The lowest BCUT2D eigenvalue weighted by Gasteiger charge is -2.22. The molecule has 0 radical (unpaired) electrons. The maximum Gasteiger partial charge on any atom is 0.408 e. The summed E-state index contributed by atoms with van der Waals surface area (Å²) < 4.78 is 48.6. The van der Waals surface area contributed by atoms with Gasteiger partial charge in [0.2, 0.25) is 0 Å². The Labute approximate surface area is 515 Å². The van der Waals surface area contributed by atoms with Crippen molar-refractivity contribution in [2.75, 3.05) is 69.8 Å². The standard InChI is InChI=1S/C25H28N4O6.C20H20N4O4.C19H18N4O4/c1-25(2,3)35-24(31)29-19(23(30)32-4)11-15-5-7-16(8-6-15)28-22-17-12-20-21(34-10-9-33-20)13-18(17)26-14-27-22;1-26-20(25)15(21)8-12-2-4-13(5-3-12)24-19-14-9-17-18(28-7-6-27-17)10-16(14)22-11-23-19;20-14(19(24)25)7-11-1-3-12(4-2-11)23-18-13-8-16-17(27-6-5-26-16)9-15(13)21-10-22-18/h5-8,12-14,19H,9-11H2,1-4H3,(H,29,31)(H,26,27,28);2-5,9-11,15H,6-8,21H2,1H3,(H,22,23,24);1-4,8-10,14H,5-7,20H2,(H,24,25)(H,21,22,23)/t19-;15-;14-/m000/s1. The van der Waals surface area contributed by atoms with Crippen LogP contribution in [-0.4, -0.2) is 137 Å². The van der Waals surface area contributed by atoms with E-state index < -0.39 is 47.7 Å². The molecule has 6 aromatic carbocycles. The lowest BCUT2D eigenvalue weighted by atomic mass is 10.1. The average molecular weight is 1230 g/mol. The zero-order valence-corrected chi connectivity index (χ0v) is 49.8. The van der Waals surface area contributed by atoms with Gasteiger partial charge in [-0.1, -0.05) is 36.4 Å². The Balaban J connectivity index is 0.000000150. The van der Waals surface area contributed by atoms with Gasteiger partial charge in [0.05, 0.1) is 30.8 Å². The van der Waals surface area contributed by atoms with E-state index >= 15 is 0 Å². The van der Waals surface area contributed by atoms with Gasteiger partial charge in [-0.05, 0) is 105 Å². The topological polar surface area (TPSA) is 349 Å². The number of carbonyl (C=O) groups is 4. The van der Waals surface area contributed by atoms with Crippen LogP contribution in [0.1, 0.15) is 37.5 Å². The van der Waals surface area contributed by atoms with Gasteiger partial charge in [-0.3, -0.25) is 9.59 Å². The average Bonchev–Trinajstić information content (AvgIpc) is 0.844. The number of nitrogens with one attached hydrogen (secondary N) is 4. The molecule has 9 N–H and O–H groups in total. The van der Waals surface area contributed by atoms with Crippen molar-refractivity contribution in [3.63, 3.8) is 0 Å². The molecular weight excluding hydrogens is 1160 g/mol. The summed E-state index contributed by atoms with van der Waals surface area (Å²) in [5.41, 5.74) is 18.0. The van der Waals surface area contributed by atoms with Crippen LogP contribution in [0.25, 0.3) is 32.7 Å². The molecule has 1 amide bonds. The molecular formula is C64H66N12O14. The van der Waals surface area contributed by atoms with Crippen LogP contribution in [0.4, 0.5) is 39.3 Å². The maximum atomic E-state index is 12.2. The zero-order valence-electron chi connectivity index (χ0n) is 49.8. The normalized spacial score (nSPS) is 13.8. The summed E-state index contributed by atoms with van der Waals surface area (Å²) in [5, 5.41) is 23.8. The van der Waals surface area contributed by atoms with Gasteiger partial charge >= 0.3 is 24.0 Å². The van der Waals surface area contributed by atoms with Gasteiger partial charge in [0.15, 0.2) is 34.5 Å². The Morgan fingerprint density at radius 1 is 0.478 bits per heavy atom. The fraction of sp³-hybridized carbons (Fsp3) is 0.281. The monoisotopic (exact) mass is 1230 g/mol. The Morgan fingerprint density at radius 3 is 1.12 bits per heavy atom. The van der Waals surface area contributed by atoms with Crippen molar-refractivity contribution < 1.29 is 66.9 Å². The zero-order chi connectivity index (χ0) is 63.3. The van der Waals surface area contributed by atoms with Crippen LogP contribution in [0.5, 0.6) is 34.5 Å². The first-order chi connectivity index (χ1) is 43.4. The summed E-state index contributed by atoms with van der Waals surface area (Å²) in [7, 11) is 2.61. The number of carboxylic acids is 1. The van der Waals surface area contributed by atoms with Crippen LogP contribution in [0.3, 0.4) is 0 Å². The molecule has 3 atom stereocenters. The number of hydrogen-bond acceptors (Lipinski definition) is 24. The number of amides is 1. The van der Waals surface area contributed by atoms with Crippen molar-refractivity contribution in [2.24, 2.45) is 11.5 Å². The van der Waals surface area contributed by atoms with Gasteiger partial charge < -0.3 is 80.5 Å². The van der Waals surface area contributed by atoms with E-state index in [-0.39, 0.29) is 12.8 Å². The van der Waals surface area contributed by atoms with Crippen LogP contribution >= 0.6 is 0 Å². The summed E-state index contributed by atoms with van der Waals surface area (Å²) in [6.07, 6.45) is 4.72. The number of aromatic nitrogens is 6. The summed E-state index contributed by atoms with van der Waals surface area (Å²) in [6, 6.07) is 31.2. The number of rotatable bonds is 16. The number of hydrogen-bond donors (Lipinski definition) is 7. The molecule has 0 saturated carbocycles. The van der Waals surface area contributed by atoms with Crippen molar-refractivity contribution in [3.05, 3.63) is 145 Å². The number of nitrogens with two attached hydrogens (primary N) is 2. The molecule has 0 aliphatic carbocycles. The largest absolute Gasteiger partial charge is 0.486 e. The molecule has 0 bridgehead atoms. The number of ether oxygens (including phenoxy) is 9. The third-order valence-electron chi connectivity index (χ3n) is 13.9. The number of esters is 2. The van der Waals surface area contributed by atoms with Crippen LogP contribution in [0, 0.1) is 0 Å². The third kappa shape index (κ3) is 16.0. The predicted octanol–water partition coefficient (Wildman–Crippen LogP) is 8.04. The van der Waals surface area contributed by atoms with Crippen LogP contribution in [0.15, 0.2) is 128 Å². The summed E-state index contributed by atoms with van der Waals surface area (Å²) in [4.78, 5) is 72.7. The number of anilines is 6. The van der Waals surface area contributed by atoms with Crippen molar-refractivity contribution in [1.29, 1.82) is 0 Å². The summed E-state index contributed by atoms with van der Waals surface area (Å²) in [5.74, 6) is 3.98. The fourth-order valence-electron chi connectivity index (χ4n) is 9.51. The van der Waals surface area contributed by atoms with Crippen LogP contribution in [-0.2, 0) is 47.9 Å². The number of carbonyl (C=O) groups excluding carboxylic acids is 3. The molecule has 0 unspecified atom stereocenters. The van der Waals surface area contributed by atoms with Crippen molar-refractivity contribution in [1.82, 2.24) is 35.2 Å². The van der Waals surface area contributed by atoms with Gasteiger partial charge in [0, 0.05) is 57.8 Å². The molecule has 3 aliphatic heterocycles. The maximum absolute atomic E-state index is 12.2. The smallest absolute Gasteiger partial charge is 0.408 e. The first-order valence-corrected chi connectivity index (χ1v) is 28.6. The minimum absolute atomic E-state index is 0.242. The molecule has 6 heterocycles. The molecule has 3 aromatic heterocycles. The van der Waals surface area contributed by atoms with Crippen molar-refractivity contribution in [2.45, 2.75) is 63.8 Å². The van der Waals surface area contributed by atoms with Crippen LogP contribution in [0.2, 0.25) is 0 Å². The Hall–Kier alpha value is -10.9. The van der Waals surface area contributed by atoms with E-state index in [9.17, 15) is 19.2 Å². The number of nitrogens with zero attached hydrogens (tertiary/aromatic N) is 6. The van der Waals surface area contributed by atoms with E-state index in [0.717, 1.165) is 66.5 Å². The quantitative estimate of drug-likeness (QED) is 0.0355. The first-order valence-electron chi connectivity index (χ1n) is 28.6. The van der Waals surface area contributed by atoms with Gasteiger partial charge in [0.25, 0.3) is 0 Å². The molecule has 90 heavy (non-hydrogen) atoms. The van der Waals surface area contributed by atoms with Gasteiger partial charge in [-0.15, -0.1) is 0 Å². The second-order valence-corrected chi connectivity index (χ2v) is 21.6. The molecule has 9 aromatic rings. The Morgan fingerprint density at radius 2 is 0.800 bits per heavy atom. The molecule has 0 saturated heterocycles. The van der Waals surface area contributed by atoms with E-state index in [1.807, 2.05) is 109 Å². The molecule has 26 heteroatoms. The summed E-state index contributed by atoms with van der Waals surface area (Å²) in [6.45, 7) is 8.33. The number of fused-ring (bicyclic) bond motifs is 6. The SMILES string of the molecule is COC(=O)[C@@H](N)Cc1ccc(Nc2ncnc3cc4c(cc23)OCCO4)cc1.COC(=O)[C@H](Cc1ccc(Nc2ncnc3cc4c(cc23)OCCO4)cc1)NC(=O)OC(C)(C)C.N[C@@H](Cc1ccc(Nc2ncnc3cc4c(cc23)OCCO4)cc1)C(=O)O. The van der Waals surface area contributed by atoms with Gasteiger partial charge in [-0.25, -0.2) is 39.5 Å². The van der Waals surface area contributed by atoms with E-state index in [2.05, 4.69) is 55.9 Å². The molecule has 0 spiro atoms. The highest BCUT2D eigenvalue weighted by atomic mass is 16.6. The molecule has 26 nitrogen and oxygen atoms in total. The molecule has 3 aliphatic rings. The molecule has 12 rings (SSSR count). The number of carboxylic acid groups (broad SMARTS) is 1. The Bertz CT molecular complexity index is 4040. The van der Waals surface area contributed by atoms with E-state index in [4.69, 9.17) is 54.5 Å². The van der Waals surface area contributed by atoms with Gasteiger partial charge in [-0.2, -0.15) is 0 Å².